The molecule has 2 aromatic rings. The Labute approximate surface area is 124 Å². The molecule has 1 atom stereocenters. The summed E-state index contributed by atoms with van der Waals surface area (Å²) >= 11 is 0. The number of hydrogen-bond acceptors (Lipinski definition) is 3. The van der Waals surface area contributed by atoms with Gasteiger partial charge in [0.15, 0.2) is 0 Å². The molecule has 1 heterocycles. The van der Waals surface area contributed by atoms with Crippen LogP contribution in [0.15, 0.2) is 42.7 Å². The summed E-state index contributed by atoms with van der Waals surface area (Å²) in [4.78, 5) is 11.9. The van der Waals surface area contributed by atoms with Gasteiger partial charge in [0.25, 0.3) is 0 Å². The number of aromatic nitrogens is 2. The van der Waals surface area contributed by atoms with E-state index in [2.05, 4.69) is 10.4 Å². The van der Waals surface area contributed by atoms with E-state index in [1.165, 1.54) is 0 Å². The van der Waals surface area contributed by atoms with Crippen LogP contribution >= 0.6 is 0 Å². The van der Waals surface area contributed by atoms with E-state index in [0.717, 1.165) is 24.0 Å². The number of amides is 1. The highest BCUT2D eigenvalue weighted by molar-refractivity contribution is 5.85. The summed E-state index contributed by atoms with van der Waals surface area (Å²) in [6, 6.07) is 10.1. The SMILES string of the molecule is CNC(Cn1cc(-c2ccccc2)cn1)(C(N)=O)C1CC1. The van der Waals surface area contributed by atoms with E-state index in [1.54, 1.807) is 7.05 Å². The molecule has 1 saturated carbocycles. The first kappa shape index (κ1) is 13.8. The monoisotopic (exact) mass is 284 g/mol. The van der Waals surface area contributed by atoms with Gasteiger partial charge in [0.2, 0.25) is 5.91 Å². The maximum Gasteiger partial charge on any atom is 0.239 e. The van der Waals surface area contributed by atoms with Crippen LogP contribution in [0.4, 0.5) is 0 Å². The summed E-state index contributed by atoms with van der Waals surface area (Å²) in [5.74, 6) is 0.00800. The Balaban J connectivity index is 1.85. The molecular weight excluding hydrogens is 264 g/mol. The van der Waals surface area contributed by atoms with Crippen LogP contribution in [0.3, 0.4) is 0 Å². The number of rotatable bonds is 6. The van der Waals surface area contributed by atoms with Crippen molar-refractivity contribution in [1.29, 1.82) is 0 Å². The Kier molecular flexibility index (Phi) is 3.51. The first-order valence-electron chi connectivity index (χ1n) is 7.22. The number of nitrogens with one attached hydrogen (secondary N) is 1. The molecule has 5 nitrogen and oxygen atoms in total. The summed E-state index contributed by atoms with van der Waals surface area (Å²) in [5.41, 5.74) is 7.11. The van der Waals surface area contributed by atoms with Crippen LogP contribution in [0.5, 0.6) is 0 Å². The highest BCUT2D eigenvalue weighted by Crippen LogP contribution is 2.40. The predicted octanol–water partition coefficient (Wildman–Crippen LogP) is 1.40. The third-order valence-corrected chi connectivity index (χ3v) is 4.31. The fourth-order valence-electron chi connectivity index (χ4n) is 2.88. The van der Waals surface area contributed by atoms with Crippen molar-refractivity contribution in [3.8, 4) is 11.1 Å². The van der Waals surface area contributed by atoms with Crippen LogP contribution in [-0.2, 0) is 11.3 Å². The molecule has 0 radical (unpaired) electrons. The average molecular weight is 284 g/mol. The Hall–Kier alpha value is -2.14. The minimum Gasteiger partial charge on any atom is -0.368 e. The largest absolute Gasteiger partial charge is 0.368 e. The summed E-state index contributed by atoms with van der Waals surface area (Å²) < 4.78 is 1.81. The summed E-state index contributed by atoms with van der Waals surface area (Å²) in [7, 11) is 1.80. The van der Waals surface area contributed by atoms with Gasteiger partial charge in [-0.1, -0.05) is 30.3 Å². The molecule has 110 valence electrons. The number of primary amides is 1. The topological polar surface area (TPSA) is 72.9 Å². The maximum atomic E-state index is 11.9. The van der Waals surface area contributed by atoms with Crippen molar-refractivity contribution in [1.82, 2.24) is 15.1 Å². The smallest absolute Gasteiger partial charge is 0.239 e. The van der Waals surface area contributed by atoms with Gasteiger partial charge < -0.3 is 11.1 Å². The molecule has 3 rings (SSSR count). The molecule has 1 fully saturated rings. The molecule has 3 N–H and O–H groups in total. The van der Waals surface area contributed by atoms with Gasteiger partial charge in [0.05, 0.1) is 12.7 Å². The number of hydrogen-bond donors (Lipinski definition) is 2. The molecule has 21 heavy (non-hydrogen) atoms. The lowest BCUT2D eigenvalue weighted by Gasteiger charge is -2.30. The van der Waals surface area contributed by atoms with Crippen molar-refractivity contribution in [3.05, 3.63) is 42.7 Å². The maximum absolute atomic E-state index is 11.9. The van der Waals surface area contributed by atoms with Gasteiger partial charge in [0, 0.05) is 11.8 Å². The van der Waals surface area contributed by atoms with E-state index in [-0.39, 0.29) is 5.91 Å². The lowest BCUT2D eigenvalue weighted by molar-refractivity contribution is -0.125. The molecule has 0 aliphatic heterocycles. The normalized spacial score (nSPS) is 17.4. The van der Waals surface area contributed by atoms with Gasteiger partial charge >= 0.3 is 0 Å². The first-order valence-corrected chi connectivity index (χ1v) is 7.22. The number of benzene rings is 1. The number of nitrogens with zero attached hydrogens (tertiary/aromatic N) is 2. The standard InChI is InChI=1S/C16H20N4O/c1-18-16(15(17)21,14-7-8-14)11-20-10-13(9-19-20)12-5-3-2-4-6-12/h2-6,9-10,14,18H,7-8,11H2,1H3,(H2,17,21). The number of nitrogens with two attached hydrogens (primary N) is 1. The molecular formula is C16H20N4O. The summed E-state index contributed by atoms with van der Waals surface area (Å²) in [6.45, 7) is 0.469. The number of carbonyl (C=O) groups excluding carboxylic acids is 1. The van der Waals surface area contributed by atoms with Crippen molar-refractivity contribution < 1.29 is 4.79 Å². The van der Waals surface area contributed by atoms with Crippen LogP contribution in [0, 0.1) is 5.92 Å². The Morgan fingerprint density at radius 3 is 2.67 bits per heavy atom. The molecule has 5 heteroatoms. The van der Waals surface area contributed by atoms with E-state index in [9.17, 15) is 4.79 Å². The Bertz CT molecular complexity index is 633. The lowest BCUT2D eigenvalue weighted by Crippen LogP contribution is -2.58. The zero-order valence-electron chi connectivity index (χ0n) is 12.1. The molecule has 1 aliphatic carbocycles. The molecule has 0 saturated heterocycles. The van der Waals surface area contributed by atoms with Crippen LogP contribution < -0.4 is 11.1 Å². The van der Waals surface area contributed by atoms with Crippen LogP contribution in [-0.4, -0.2) is 28.3 Å². The second kappa shape index (κ2) is 5.33. The third-order valence-electron chi connectivity index (χ3n) is 4.31. The second-order valence-electron chi connectivity index (χ2n) is 5.65. The van der Waals surface area contributed by atoms with E-state index >= 15 is 0 Å². The van der Waals surface area contributed by atoms with Crippen molar-refractivity contribution in [3.63, 3.8) is 0 Å². The Morgan fingerprint density at radius 1 is 1.38 bits per heavy atom. The van der Waals surface area contributed by atoms with Crippen LogP contribution in [0.2, 0.25) is 0 Å². The highest BCUT2D eigenvalue weighted by Gasteiger charge is 2.49. The van der Waals surface area contributed by atoms with Crippen molar-refractivity contribution in [2.75, 3.05) is 7.05 Å². The van der Waals surface area contributed by atoms with E-state index in [1.807, 2.05) is 47.4 Å². The van der Waals surface area contributed by atoms with E-state index in [4.69, 9.17) is 5.73 Å². The zero-order valence-corrected chi connectivity index (χ0v) is 12.1. The average Bonchev–Trinajstić information content (AvgIpc) is 3.25. The molecule has 1 aromatic heterocycles. The zero-order chi connectivity index (χ0) is 14.9. The van der Waals surface area contributed by atoms with Gasteiger partial charge in [0.1, 0.15) is 5.54 Å². The summed E-state index contributed by atoms with van der Waals surface area (Å²) in [6.07, 6.45) is 5.86. The van der Waals surface area contributed by atoms with Crippen molar-refractivity contribution in [2.24, 2.45) is 11.7 Å². The number of carbonyl (C=O) groups is 1. The predicted molar refractivity (Wildman–Crippen MR) is 81.4 cm³/mol. The summed E-state index contributed by atoms with van der Waals surface area (Å²) in [5, 5.41) is 7.53. The van der Waals surface area contributed by atoms with E-state index in [0.29, 0.717) is 12.5 Å². The molecule has 0 spiro atoms. The fourth-order valence-corrected chi connectivity index (χ4v) is 2.88. The van der Waals surface area contributed by atoms with E-state index < -0.39 is 5.54 Å². The molecule has 0 bridgehead atoms. The van der Waals surface area contributed by atoms with Gasteiger partial charge in [-0.05, 0) is 31.4 Å². The van der Waals surface area contributed by atoms with Crippen LogP contribution in [0.25, 0.3) is 11.1 Å². The lowest BCUT2D eigenvalue weighted by atomic mass is 9.92. The Morgan fingerprint density at radius 2 is 2.10 bits per heavy atom. The first-order chi connectivity index (χ1) is 10.2. The molecule has 1 aliphatic rings. The van der Waals surface area contributed by atoms with Crippen molar-refractivity contribution in [2.45, 2.75) is 24.9 Å². The van der Waals surface area contributed by atoms with Crippen molar-refractivity contribution >= 4 is 5.91 Å². The van der Waals surface area contributed by atoms with Gasteiger partial charge in [-0.15, -0.1) is 0 Å². The highest BCUT2D eigenvalue weighted by atomic mass is 16.1. The number of likely N-dealkylation sites (N-methyl/N-ethyl adjacent to an activating group) is 1. The molecule has 1 unspecified atom stereocenters. The fraction of sp³-hybridized carbons (Fsp3) is 0.375. The van der Waals surface area contributed by atoms with Gasteiger partial charge in [-0.2, -0.15) is 5.10 Å². The van der Waals surface area contributed by atoms with Crippen LogP contribution in [0.1, 0.15) is 12.8 Å². The van der Waals surface area contributed by atoms with Gasteiger partial charge in [-0.3, -0.25) is 9.48 Å². The minimum atomic E-state index is -0.694. The minimum absolute atomic E-state index is 0.302. The quantitative estimate of drug-likeness (QED) is 0.842. The molecule has 1 amide bonds. The molecule has 1 aromatic carbocycles. The third kappa shape index (κ3) is 2.56. The second-order valence-corrected chi connectivity index (χ2v) is 5.65. The van der Waals surface area contributed by atoms with Gasteiger partial charge in [-0.25, -0.2) is 0 Å².